The Kier molecular flexibility index (Phi) is 2.92. The van der Waals surface area contributed by atoms with Gasteiger partial charge in [-0.1, -0.05) is 12.1 Å². The van der Waals surface area contributed by atoms with E-state index in [-0.39, 0.29) is 18.5 Å². The molecule has 1 amide bonds. The zero-order valence-corrected chi connectivity index (χ0v) is 11.2. The third-order valence-electron chi connectivity index (χ3n) is 4.18. The van der Waals surface area contributed by atoms with Crippen molar-refractivity contribution in [1.82, 2.24) is 4.90 Å². The number of anilines is 1. The number of rotatable bonds is 5. The van der Waals surface area contributed by atoms with Crippen molar-refractivity contribution in [2.24, 2.45) is 0 Å². The molecule has 0 atom stereocenters. The van der Waals surface area contributed by atoms with E-state index < -0.39 is 11.4 Å². The van der Waals surface area contributed by atoms with E-state index in [1.54, 1.807) is 17.0 Å². The molecule has 2 fully saturated rings. The van der Waals surface area contributed by atoms with Gasteiger partial charge in [-0.3, -0.25) is 9.59 Å². The van der Waals surface area contributed by atoms with E-state index in [1.165, 1.54) is 0 Å². The minimum absolute atomic E-state index is 0.0350. The van der Waals surface area contributed by atoms with Gasteiger partial charge in [0.15, 0.2) is 0 Å². The smallest absolute Gasteiger partial charge is 0.323 e. The van der Waals surface area contributed by atoms with Gasteiger partial charge in [-0.05, 0) is 43.4 Å². The molecule has 0 radical (unpaired) electrons. The van der Waals surface area contributed by atoms with Crippen LogP contribution in [0.1, 0.15) is 31.2 Å². The van der Waals surface area contributed by atoms with Gasteiger partial charge >= 0.3 is 5.97 Å². The minimum Gasteiger partial charge on any atom is -0.480 e. The molecule has 0 aliphatic heterocycles. The van der Waals surface area contributed by atoms with Gasteiger partial charge in [-0.25, -0.2) is 0 Å². The first-order valence-electron chi connectivity index (χ1n) is 6.92. The largest absolute Gasteiger partial charge is 0.480 e. The number of carboxylic acid groups (broad SMARTS) is 1. The lowest BCUT2D eigenvalue weighted by molar-refractivity contribution is -0.146. The fourth-order valence-electron chi connectivity index (χ4n) is 2.73. The Bertz CT molecular complexity index is 545. The van der Waals surface area contributed by atoms with Crippen LogP contribution in [-0.4, -0.2) is 34.5 Å². The van der Waals surface area contributed by atoms with E-state index in [0.29, 0.717) is 5.69 Å². The average molecular weight is 274 g/mol. The van der Waals surface area contributed by atoms with Crippen molar-refractivity contribution in [3.05, 3.63) is 29.8 Å². The molecule has 2 saturated carbocycles. The molecule has 0 saturated heterocycles. The molecule has 0 spiro atoms. The molecule has 20 heavy (non-hydrogen) atoms. The number of nitrogens with two attached hydrogens (primary N) is 1. The molecule has 0 aromatic heterocycles. The van der Waals surface area contributed by atoms with E-state index in [9.17, 15) is 9.59 Å². The monoisotopic (exact) mass is 274 g/mol. The lowest BCUT2D eigenvalue weighted by atomic mass is 9.94. The Morgan fingerprint density at radius 1 is 1.25 bits per heavy atom. The lowest BCUT2D eigenvalue weighted by Crippen LogP contribution is -2.43. The highest BCUT2D eigenvalue weighted by atomic mass is 16.4. The fourth-order valence-corrected chi connectivity index (χ4v) is 2.73. The van der Waals surface area contributed by atoms with E-state index in [0.717, 1.165) is 31.2 Å². The number of nitrogens with zero attached hydrogens (tertiary/aromatic N) is 1. The molecular weight excluding hydrogens is 256 g/mol. The summed E-state index contributed by atoms with van der Waals surface area (Å²) in [6, 6.07) is 7.46. The molecule has 0 heterocycles. The van der Waals surface area contributed by atoms with Crippen molar-refractivity contribution in [2.75, 3.05) is 12.3 Å². The zero-order valence-electron chi connectivity index (χ0n) is 11.2. The van der Waals surface area contributed by atoms with Gasteiger partial charge in [0, 0.05) is 11.7 Å². The number of carboxylic acids is 1. The Balaban J connectivity index is 1.84. The van der Waals surface area contributed by atoms with Crippen LogP contribution in [0.2, 0.25) is 0 Å². The summed E-state index contributed by atoms with van der Waals surface area (Å²) in [6.45, 7) is -0.194. The van der Waals surface area contributed by atoms with Gasteiger partial charge in [0.2, 0.25) is 5.91 Å². The first-order chi connectivity index (χ1) is 9.53. The second-order valence-electron chi connectivity index (χ2n) is 5.76. The van der Waals surface area contributed by atoms with Crippen LogP contribution < -0.4 is 5.73 Å². The van der Waals surface area contributed by atoms with Gasteiger partial charge in [0.1, 0.15) is 6.54 Å². The van der Waals surface area contributed by atoms with Crippen LogP contribution >= 0.6 is 0 Å². The van der Waals surface area contributed by atoms with Crippen molar-refractivity contribution in [2.45, 2.75) is 37.1 Å². The third-order valence-corrected chi connectivity index (χ3v) is 4.18. The summed E-state index contributed by atoms with van der Waals surface area (Å²) in [5.74, 6) is -0.981. The highest BCUT2D eigenvalue weighted by Crippen LogP contribution is 2.50. The van der Waals surface area contributed by atoms with E-state index in [4.69, 9.17) is 10.8 Å². The van der Waals surface area contributed by atoms with E-state index in [1.807, 2.05) is 12.1 Å². The summed E-state index contributed by atoms with van der Waals surface area (Å²) in [6.07, 6.45) is 3.41. The maximum atomic E-state index is 12.8. The van der Waals surface area contributed by atoms with Crippen molar-refractivity contribution in [3.63, 3.8) is 0 Å². The zero-order chi connectivity index (χ0) is 14.3. The topological polar surface area (TPSA) is 83.6 Å². The number of aliphatic carboxylic acids is 1. The Hall–Kier alpha value is -2.04. The normalized spacial score (nSPS) is 19.4. The molecule has 5 nitrogen and oxygen atoms in total. The van der Waals surface area contributed by atoms with E-state index >= 15 is 0 Å². The van der Waals surface area contributed by atoms with Crippen LogP contribution in [0.4, 0.5) is 5.69 Å². The van der Waals surface area contributed by atoms with Crippen molar-refractivity contribution < 1.29 is 14.7 Å². The number of nitrogen functional groups attached to an aromatic ring is 1. The molecule has 2 aliphatic rings. The number of amides is 1. The predicted octanol–water partition coefficient (Wildman–Crippen LogP) is 1.38. The quantitative estimate of drug-likeness (QED) is 0.794. The van der Waals surface area contributed by atoms with Crippen LogP contribution in [0.3, 0.4) is 0 Å². The van der Waals surface area contributed by atoms with Crippen LogP contribution in [-0.2, 0) is 15.0 Å². The maximum absolute atomic E-state index is 12.8. The molecule has 5 heteroatoms. The van der Waals surface area contributed by atoms with E-state index in [2.05, 4.69) is 0 Å². The summed E-state index contributed by atoms with van der Waals surface area (Å²) in [5.41, 5.74) is 6.79. The molecule has 1 aromatic rings. The number of benzene rings is 1. The summed E-state index contributed by atoms with van der Waals surface area (Å²) >= 11 is 0. The second-order valence-corrected chi connectivity index (χ2v) is 5.76. The standard InChI is InChI=1S/C15H18N2O3/c16-11-3-1-10(2-4-11)15(7-8-15)14(20)17(9-13(18)19)12-5-6-12/h1-4,12H,5-9,16H2,(H,18,19). The van der Waals surface area contributed by atoms with Crippen LogP contribution in [0.15, 0.2) is 24.3 Å². The average Bonchev–Trinajstić information content (AvgIpc) is 3.27. The van der Waals surface area contributed by atoms with Crippen molar-refractivity contribution >= 4 is 17.6 Å². The molecule has 0 unspecified atom stereocenters. The molecule has 2 aliphatic carbocycles. The van der Waals surface area contributed by atoms with Gasteiger partial charge in [0.25, 0.3) is 0 Å². The maximum Gasteiger partial charge on any atom is 0.323 e. The number of hydrogen-bond donors (Lipinski definition) is 2. The predicted molar refractivity (Wildman–Crippen MR) is 74.1 cm³/mol. The first kappa shape index (κ1) is 13.0. The van der Waals surface area contributed by atoms with Crippen molar-refractivity contribution in [3.8, 4) is 0 Å². The second kappa shape index (κ2) is 4.51. The molecule has 1 aromatic carbocycles. The van der Waals surface area contributed by atoms with Gasteiger partial charge < -0.3 is 15.7 Å². The molecule has 0 bridgehead atoms. The first-order valence-corrected chi connectivity index (χ1v) is 6.92. The number of hydrogen-bond acceptors (Lipinski definition) is 3. The lowest BCUT2D eigenvalue weighted by Gasteiger charge is -2.26. The molecule has 3 N–H and O–H groups in total. The highest BCUT2D eigenvalue weighted by molar-refractivity contribution is 5.93. The summed E-state index contributed by atoms with van der Waals surface area (Å²) in [5, 5.41) is 8.99. The molecular formula is C15H18N2O3. The van der Waals surface area contributed by atoms with Crippen LogP contribution in [0.5, 0.6) is 0 Å². The molecule has 106 valence electrons. The number of carbonyl (C=O) groups excluding carboxylic acids is 1. The minimum atomic E-state index is -0.946. The Morgan fingerprint density at radius 2 is 1.85 bits per heavy atom. The van der Waals surface area contributed by atoms with Gasteiger partial charge in [-0.15, -0.1) is 0 Å². The SMILES string of the molecule is Nc1ccc(C2(C(=O)N(CC(=O)O)C3CC3)CC2)cc1. The summed E-state index contributed by atoms with van der Waals surface area (Å²) in [7, 11) is 0. The van der Waals surface area contributed by atoms with Crippen LogP contribution in [0, 0.1) is 0 Å². The van der Waals surface area contributed by atoms with Crippen LogP contribution in [0.25, 0.3) is 0 Å². The van der Waals surface area contributed by atoms with Gasteiger partial charge in [-0.2, -0.15) is 0 Å². The third kappa shape index (κ3) is 2.24. The van der Waals surface area contributed by atoms with Crippen molar-refractivity contribution in [1.29, 1.82) is 0 Å². The highest BCUT2D eigenvalue weighted by Gasteiger charge is 2.55. The fraction of sp³-hybridized carbons (Fsp3) is 0.467. The molecule has 3 rings (SSSR count). The van der Waals surface area contributed by atoms with Gasteiger partial charge in [0.05, 0.1) is 5.41 Å². The number of carbonyl (C=O) groups is 2. The Labute approximate surface area is 117 Å². The summed E-state index contributed by atoms with van der Waals surface area (Å²) in [4.78, 5) is 25.3. The summed E-state index contributed by atoms with van der Waals surface area (Å²) < 4.78 is 0. The Morgan fingerprint density at radius 3 is 2.30 bits per heavy atom.